The summed E-state index contributed by atoms with van der Waals surface area (Å²) in [6, 6.07) is 6.50. The molecule has 0 saturated heterocycles. The van der Waals surface area contributed by atoms with E-state index in [0.717, 1.165) is 24.0 Å². The first kappa shape index (κ1) is 14.8. The molecule has 2 atom stereocenters. The van der Waals surface area contributed by atoms with Gasteiger partial charge >= 0.3 is 0 Å². The van der Waals surface area contributed by atoms with Crippen LogP contribution in [-0.2, 0) is 4.79 Å². The molecule has 0 aliphatic heterocycles. The monoisotopic (exact) mass is 275 g/mol. The number of rotatable bonds is 3. The van der Waals surface area contributed by atoms with E-state index < -0.39 is 0 Å². The number of halogens is 1. The summed E-state index contributed by atoms with van der Waals surface area (Å²) in [7, 11) is 0. The molecule has 2 unspecified atom stereocenters. The van der Waals surface area contributed by atoms with E-state index in [1.807, 2.05) is 6.92 Å². The van der Waals surface area contributed by atoms with E-state index in [2.05, 4.69) is 12.2 Å². The van der Waals surface area contributed by atoms with Crippen LogP contribution in [0.25, 0.3) is 5.57 Å². The predicted molar refractivity (Wildman–Crippen MR) is 79.6 cm³/mol. The van der Waals surface area contributed by atoms with E-state index in [1.54, 1.807) is 18.2 Å². The van der Waals surface area contributed by atoms with Crippen LogP contribution in [0.15, 0.2) is 30.3 Å². The van der Waals surface area contributed by atoms with Crippen molar-refractivity contribution in [2.45, 2.75) is 45.6 Å². The van der Waals surface area contributed by atoms with Crippen molar-refractivity contribution in [2.24, 2.45) is 5.92 Å². The highest BCUT2D eigenvalue weighted by Crippen LogP contribution is 2.23. The molecule has 0 spiro atoms. The molecule has 0 radical (unpaired) electrons. The fourth-order valence-electron chi connectivity index (χ4n) is 2.80. The number of carbonyl (C=O) groups is 1. The predicted octanol–water partition coefficient (Wildman–Crippen LogP) is 3.92. The van der Waals surface area contributed by atoms with Crippen LogP contribution in [0.1, 0.15) is 45.1 Å². The lowest BCUT2D eigenvalue weighted by molar-refractivity contribution is -0.117. The van der Waals surface area contributed by atoms with Crippen molar-refractivity contribution in [3.05, 3.63) is 41.7 Å². The third kappa shape index (κ3) is 4.19. The van der Waals surface area contributed by atoms with Crippen molar-refractivity contribution >= 4 is 11.5 Å². The van der Waals surface area contributed by atoms with Gasteiger partial charge in [-0.2, -0.15) is 0 Å². The topological polar surface area (TPSA) is 29.1 Å². The van der Waals surface area contributed by atoms with E-state index in [4.69, 9.17) is 0 Å². The molecule has 1 aliphatic carbocycles. The zero-order valence-corrected chi connectivity index (χ0v) is 12.2. The van der Waals surface area contributed by atoms with Crippen LogP contribution in [0, 0.1) is 11.7 Å². The Morgan fingerprint density at radius 2 is 2.00 bits per heavy atom. The highest BCUT2D eigenvalue weighted by Gasteiger charge is 2.19. The van der Waals surface area contributed by atoms with E-state index in [9.17, 15) is 9.18 Å². The van der Waals surface area contributed by atoms with Gasteiger partial charge in [0.1, 0.15) is 5.82 Å². The Labute approximate surface area is 120 Å². The highest BCUT2D eigenvalue weighted by atomic mass is 19.1. The van der Waals surface area contributed by atoms with Gasteiger partial charge in [-0.3, -0.25) is 4.79 Å². The minimum atomic E-state index is -0.262. The largest absolute Gasteiger partial charge is 0.350 e. The first-order valence-electron chi connectivity index (χ1n) is 7.29. The average molecular weight is 275 g/mol. The van der Waals surface area contributed by atoms with Crippen molar-refractivity contribution in [1.29, 1.82) is 0 Å². The van der Waals surface area contributed by atoms with Gasteiger partial charge in [0, 0.05) is 12.1 Å². The summed E-state index contributed by atoms with van der Waals surface area (Å²) in [5.74, 6) is 0.379. The number of nitrogens with one attached hydrogen (secondary N) is 1. The Balaban J connectivity index is 1.95. The Morgan fingerprint density at radius 3 is 2.65 bits per heavy atom. The molecular weight excluding hydrogens is 253 g/mol. The first-order chi connectivity index (χ1) is 9.54. The molecule has 1 N–H and O–H groups in total. The van der Waals surface area contributed by atoms with E-state index in [-0.39, 0.29) is 11.7 Å². The molecule has 3 heteroatoms. The summed E-state index contributed by atoms with van der Waals surface area (Å²) in [4.78, 5) is 12.0. The van der Waals surface area contributed by atoms with Crippen molar-refractivity contribution in [2.75, 3.05) is 0 Å². The lowest BCUT2D eigenvalue weighted by Gasteiger charge is -2.27. The number of amides is 1. The molecule has 1 aromatic rings. The molecule has 0 heterocycles. The molecule has 20 heavy (non-hydrogen) atoms. The normalized spacial score (nSPS) is 23.4. The molecule has 2 nitrogen and oxygen atoms in total. The molecule has 0 bridgehead atoms. The fraction of sp³-hybridized carbons (Fsp3) is 0.471. The van der Waals surface area contributed by atoms with Gasteiger partial charge in [-0.05, 0) is 49.0 Å². The van der Waals surface area contributed by atoms with Gasteiger partial charge in [-0.15, -0.1) is 0 Å². The van der Waals surface area contributed by atoms with E-state index >= 15 is 0 Å². The van der Waals surface area contributed by atoms with Gasteiger partial charge in [0.25, 0.3) is 0 Å². The zero-order chi connectivity index (χ0) is 14.5. The zero-order valence-electron chi connectivity index (χ0n) is 12.2. The maximum absolute atomic E-state index is 12.9. The minimum Gasteiger partial charge on any atom is -0.350 e. The smallest absolute Gasteiger partial charge is 0.244 e. The number of hydrogen-bond acceptors (Lipinski definition) is 1. The second kappa shape index (κ2) is 6.69. The average Bonchev–Trinajstić information content (AvgIpc) is 2.39. The maximum Gasteiger partial charge on any atom is 0.244 e. The van der Waals surface area contributed by atoms with Crippen LogP contribution >= 0.6 is 0 Å². The highest BCUT2D eigenvalue weighted by molar-refractivity contribution is 5.94. The van der Waals surface area contributed by atoms with Crippen LogP contribution in [0.3, 0.4) is 0 Å². The van der Waals surface area contributed by atoms with E-state index in [1.165, 1.54) is 25.0 Å². The molecule has 1 saturated carbocycles. The SMILES string of the molecule is C/C(=C\C(=O)NC1CCCC(C)C1)c1ccc(F)cc1. The van der Waals surface area contributed by atoms with Crippen molar-refractivity contribution in [1.82, 2.24) is 5.32 Å². The molecule has 1 aromatic carbocycles. The first-order valence-corrected chi connectivity index (χ1v) is 7.29. The van der Waals surface area contributed by atoms with Crippen LogP contribution in [-0.4, -0.2) is 11.9 Å². The summed E-state index contributed by atoms with van der Waals surface area (Å²) in [6.45, 7) is 4.11. The number of hydrogen-bond donors (Lipinski definition) is 1. The number of carbonyl (C=O) groups excluding carboxylic acids is 1. The van der Waals surface area contributed by atoms with Crippen LogP contribution < -0.4 is 5.32 Å². The van der Waals surface area contributed by atoms with Gasteiger partial charge in [-0.1, -0.05) is 31.9 Å². The van der Waals surface area contributed by atoms with Crippen LogP contribution in [0.5, 0.6) is 0 Å². The molecular formula is C17H22FNO. The lowest BCUT2D eigenvalue weighted by atomic mass is 9.87. The lowest BCUT2D eigenvalue weighted by Crippen LogP contribution is -2.37. The summed E-state index contributed by atoms with van der Waals surface area (Å²) in [5.41, 5.74) is 1.73. The van der Waals surface area contributed by atoms with Crippen LogP contribution in [0.4, 0.5) is 4.39 Å². The summed E-state index contributed by atoms with van der Waals surface area (Å²) in [5, 5.41) is 3.07. The van der Waals surface area contributed by atoms with Crippen LogP contribution in [0.2, 0.25) is 0 Å². The Bertz CT molecular complexity index is 492. The van der Waals surface area contributed by atoms with Gasteiger partial charge in [0.2, 0.25) is 5.91 Å². The maximum atomic E-state index is 12.9. The third-order valence-corrected chi connectivity index (χ3v) is 3.93. The fourth-order valence-corrected chi connectivity index (χ4v) is 2.80. The van der Waals surface area contributed by atoms with Gasteiger partial charge < -0.3 is 5.32 Å². The van der Waals surface area contributed by atoms with Gasteiger partial charge in [0.15, 0.2) is 0 Å². The summed E-state index contributed by atoms with van der Waals surface area (Å²) < 4.78 is 12.9. The molecule has 2 rings (SSSR count). The van der Waals surface area contributed by atoms with E-state index in [0.29, 0.717) is 12.0 Å². The van der Waals surface area contributed by atoms with Gasteiger partial charge in [-0.25, -0.2) is 4.39 Å². The molecule has 0 aromatic heterocycles. The number of benzene rings is 1. The quantitative estimate of drug-likeness (QED) is 0.832. The Hall–Kier alpha value is -1.64. The van der Waals surface area contributed by atoms with Crippen molar-refractivity contribution in [3.63, 3.8) is 0 Å². The minimum absolute atomic E-state index is 0.0501. The van der Waals surface area contributed by atoms with Crippen molar-refractivity contribution < 1.29 is 9.18 Å². The second-order valence-corrected chi connectivity index (χ2v) is 5.81. The number of allylic oxidation sites excluding steroid dienone is 1. The van der Waals surface area contributed by atoms with Gasteiger partial charge in [0.05, 0.1) is 0 Å². The Kier molecular flexibility index (Phi) is 4.94. The standard InChI is InChI=1S/C17H22FNO/c1-12-4-3-5-16(10-12)19-17(20)11-13(2)14-6-8-15(18)9-7-14/h6-9,11-12,16H,3-5,10H2,1-2H3,(H,19,20)/b13-11+. The molecule has 1 fully saturated rings. The Morgan fingerprint density at radius 1 is 1.30 bits per heavy atom. The third-order valence-electron chi connectivity index (χ3n) is 3.93. The molecule has 1 amide bonds. The summed E-state index contributed by atoms with van der Waals surface area (Å²) >= 11 is 0. The summed E-state index contributed by atoms with van der Waals surface area (Å²) in [6.07, 6.45) is 6.19. The second-order valence-electron chi connectivity index (χ2n) is 5.81. The van der Waals surface area contributed by atoms with Crippen molar-refractivity contribution in [3.8, 4) is 0 Å². The molecule has 1 aliphatic rings. The molecule has 108 valence electrons.